The van der Waals surface area contributed by atoms with Crippen LogP contribution in [-0.4, -0.2) is 46.8 Å². The number of rotatable bonds is 6. The van der Waals surface area contributed by atoms with Crippen molar-refractivity contribution in [2.45, 2.75) is 20.3 Å². The van der Waals surface area contributed by atoms with Crippen LogP contribution < -0.4 is 5.32 Å². The molecule has 1 amide bonds. The van der Waals surface area contributed by atoms with E-state index in [2.05, 4.69) is 35.5 Å². The Labute approximate surface area is 214 Å². The molecule has 3 N–H and O–H groups in total. The summed E-state index contributed by atoms with van der Waals surface area (Å²) in [6.45, 7) is 3.35. The number of Topliss-reactive ketones (excluding diaryl/α,β-unsaturated/α-hetero) is 1. The average molecular weight is 509 g/mol. The molecule has 6 rings (SSSR count). The van der Waals surface area contributed by atoms with Crippen LogP contribution in [0.25, 0.3) is 55.3 Å². The number of hydrogen-bond acceptors (Lipinski definition) is 8. The maximum absolute atomic E-state index is 11.8. The van der Waals surface area contributed by atoms with Crippen LogP contribution in [0.3, 0.4) is 0 Å². The third kappa shape index (κ3) is 4.15. The summed E-state index contributed by atoms with van der Waals surface area (Å²) in [5, 5.41) is 11.2. The maximum atomic E-state index is 11.8. The summed E-state index contributed by atoms with van der Waals surface area (Å²) in [5.74, 6) is 0.517. The Hall–Kier alpha value is -4.77. The number of fused-ring (bicyclic) bond motifs is 2. The number of imidazole rings is 1. The molecule has 6 aromatic heterocycles. The van der Waals surface area contributed by atoms with E-state index in [4.69, 9.17) is 4.98 Å². The molecule has 11 heteroatoms. The number of ketones is 1. The van der Waals surface area contributed by atoms with E-state index >= 15 is 0 Å². The molecule has 10 nitrogen and oxygen atoms in total. The van der Waals surface area contributed by atoms with Crippen molar-refractivity contribution in [3.8, 4) is 33.3 Å². The van der Waals surface area contributed by atoms with Crippen LogP contribution in [-0.2, 0) is 4.79 Å². The molecule has 0 saturated carbocycles. The molecule has 0 unspecified atom stereocenters. The van der Waals surface area contributed by atoms with Crippen LogP contribution in [0, 0.1) is 0 Å². The lowest BCUT2D eigenvalue weighted by Crippen LogP contribution is -2.09. The van der Waals surface area contributed by atoms with Gasteiger partial charge in [-0.25, -0.2) is 4.98 Å². The fraction of sp³-hybridized carbons (Fsp3) is 0.115. The van der Waals surface area contributed by atoms with E-state index in [9.17, 15) is 9.59 Å². The summed E-state index contributed by atoms with van der Waals surface area (Å²) in [7, 11) is 0. The van der Waals surface area contributed by atoms with Crippen molar-refractivity contribution in [1.82, 2.24) is 35.1 Å². The van der Waals surface area contributed by atoms with Crippen molar-refractivity contribution in [1.29, 1.82) is 0 Å². The van der Waals surface area contributed by atoms with Gasteiger partial charge in [-0.1, -0.05) is 6.92 Å². The number of anilines is 1. The molecule has 0 aliphatic carbocycles. The van der Waals surface area contributed by atoms with Gasteiger partial charge in [-0.3, -0.25) is 29.6 Å². The number of thiophene rings is 1. The molecule has 182 valence electrons. The minimum Gasteiger partial charge on any atom is -0.336 e. The Bertz CT molecular complexity index is 1820. The lowest BCUT2D eigenvalue weighted by Gasteiger charge is -2.06. The molecule has 0 radical (unpaired) electrons. The first kappa shape index (κ1) is 22.7. The van der Waals surface area contributed by atoms with Crippen LogP contribution in [0.1, 0.15) is 29.9 Å². The van der Waals surface area contributed by atoms with Gasteiger partial charge >= 0.3 is 0 Å². The van der Waals surface area contributed by atoms with E-state index in [1.54, 1.807) is 38.6 Å². The molecule has 0 spiro atoms. The highest BCUT2D eigenvalue weighted by Crippen LogP contribution is 2.34. The van der Waals surface area contributed by atoms with Gasteiger partial charge in [0.2, 0.25) is 5.91 Å². The number of aromatic nitrogens is 7. The van der Waals surface area contributed by atoms with Gasteiger partial charge in [0.25, 0.3) is 0 Å². The van der Waals surface area contributed by atoms with E-state index in [0.29, 0.717) is 45.4 Å². The van der Waals surface area contributed by atoms with Gasteiger partial charge in [0.1, 0.15) is 16.9 Å². The van der Waals surface area contributed by atoms with Crippen molar-refractivity contribution in [3.05, 3.63) is 60.0 Å². The number of pyridine rings is 3. The molecule has 0 atom stereocenters. The largest absolute Gasteiger partial charge is 0.336 e. The summed E-state index contributed by atoms with van der Waals surface area (Å²) in [6, 6.07) is 9.32. The van der Waals surface area contributed by atoms with Gasteiger partial charge in [0.15, 0.2) is 11.6 Å². The predicted molar refractivity (Wildman–Crippen MR) is 142 cm³/mol. The average Bonchev–Trinajstić information content (AvgIpc) is 3.66. The summed E-state index contributed by atoms with van der Waals surface area (Å²) >= 11 is 1.40. The zero-order valence-corrected chi connectivity index (χ0v) is 20.7. The van der Waals surface area contributed by atoms with Crippen LogP contribution in [0.5, 0.6) is 0 Å². The maximum Gasteiger partial charge on any atom is 0.224 e. The standard InChI is InChI=1S/C26H20N8O2S/c1-3-22(36)30-15-8-14(10-27-11-15)18-9-16-19(12-29-18)33-34-23(16)26-31-17-6-7-28-25(24(17)32-26)21-5-4-20(37-21)13(2)35/h4-12H,3H2,1-2H3,(H,30,36)(H,31,32)(H,33,34). The number of nitrogens with one attached hydrogen (secondary N) is 3. The molecular weight excluding hydrogens is 488 g/mol. The zero-order valence-electron chi connectivity index (χ0n) is 19.9. The number of aromatic amines is 2. The van der Waals surface area contributed by atoms with E-state index in [1.165, 1.54) is 11.3 Å². The monoisotopic (exact) mass is 508 g/mol. The quantitative estimate of drug-likeness (QED) is 0.261. The molecule has 0 saturated heterocycles. The topological polar surface area (TPSA) is 142 Å². The molecule has 0 bridgehead atoms. The summed E-state index contributed by atoms with van der Waals surface area (Å²) in [5.41, 5.74) is 5.66. The Balaban J connectivity index is 1.42. The van der Waals surface area contributed by atoms with E-state index in [1.807, 2.05) is 30.3 Å². The van der Waals surface area contributed by atoms with Crippen LogP contribution >= 0.6 is 11.3 Å². The van der Waals surface area contributed by atoms with Gasteiger partial charge in [-0.15, -0.1) is 11.3 Å². The smallest absolute Gasteiger partial charge is 0.224 e. The SMILES string of the molecule is CCC(=O)Nc1cncc(-c2cc3c(-c4nc5c(-c6ccc(C(C)=O)s6)nccc5[nH]4)n[nH]c3cn2)c1. The second-order valence-electron chi connectivity index (χ2n) is 8.41. The first-order chi connectivity index (χ1) is 18.0. The number of carbonyl (C=O) groups is 2. The van der Waals surface area contributed by atoms with Crippen LogP contribution in [0.15, 0.2) is 55.1 Å². The predicted octanol–water partition coefficient (Wildman–Crippen LogP) is 5.24. The Morgan fingerprint density at radius 3 is 2.73 bits per heavy atom. The number of amides is 1. The van der Waals surface area contributed by atoms with Crippen molar-refractivity contribution in [2.75, 3.05) is 5.32 Å². The molecule has 0 aromatic carbocycles. The lowest BCUT2D eigenvalue weighted by molar-refractivity contribution is -0.115. The third-order valence-electron chi connectivity index (χ3n) is 5.90. The number of hydrogen-bond donors (Lipinski definition) is 3. The van der Waals surface area contributed by atoms with Crippen molar-refractivity contribution in [2.24, 2.45) is 0 Å². The van der Waals surface area contributed by atoms with Crippen LogP contribution in [0.4, 0.5) is 5.69 Å². The molecule has 6 aromatic rings. The number of H-pyrrole nitrogens is 2. The van der Waals surface area contributed by atoms with Gasteiger partial charge in [0.05, 0.1) is 44.6 Å². The third-order valence-corrected chi connectivity index (χ3v) is 7.09. The highest BCUT2D eigenvalue weighted by atomic mass is 32.1. The molecule has 6 heterocycles. The summed E-state index contributed by atoms with van der Waals surface area (Å²) in [4.78, 5) is 46.6. The van der Waals surface area contributed by atoms with Gasteiger partial charge in [-0.2, -0.15) is 5.10 Å². The fourth-order valence-electron chi connectivity index (χ4n) is 4.04. The van der Waals surface area contributed by atoms with E-state index < -0.39 is 0 Å². The second kappa shape index (κ2) is 9.03. The van der Waals surface area contributed by atoms with Crippen molar-refractivity contribution >= 4 is 50.7 Å². The molecule has 37 heavy (non-hydrogen) atoms. The second-order valence-corrected chi connectivity index (χ2v) is 9.50. The van der Waals surface area contributed by atoms with Gasteiger partial charge < -0.3 is 10.3 Å². The van der Waals surface area contributed by atoms with Gasteiger partial charge in [0, 0.05) is 29.8 Å². The molecule has 0 fully saturated rings. The Morgan fingerprint density at radius 1 is 1.03 bits per heavy atom. The van der Waals surface area contributed by atoms with E-state index in [0.717, 1.165) is 26.9 Å². The summed E-state index contributed by atoms with van der Waals surface area (Å²) in [6.07, 6.45) is 7.11. The fourth-order valence-corrected chi connectivity index (χ4v) is 4.93. The highest BCUT2D eigenvalue weighted by molar-refractivity contribution is 7.17. The minimum atomic E-state index is -0.0849. The normalized spacial score (nSPS) is 11.3. The lowest BCUT2D eigenvalue weighted by atomic mass is 10.1. The summed E-state index contributed by atoms with van der Waals surface area (Å²) < 4.78 is 0. The van der Waals surface area contributed by atoms with Crippen molar-refractivity contribution in [3.63, 3.8) is 0 Å². The molecule has 0 aliphatic heterocycles. The minimum absolute atomic E-state index is 0.0204. The first-order valence-corrected chi connectivity index (χ1v) is 12.4. The molecular formula is C26H20N8O2S. The number of nitrogens with zero attached hydrogens (tertiary/aromatic N) is 5. The van der Waals surface area contributed by atoms with Crippen molar-refractivity contribution < 1.29 is 9.59 Å². The Kier molecular flexibility index (Phi) is 5.53. The Morgan fingerprint density at radius 2 is 1.92 bits per heavy atom. The highest BCUT2D eigenvalue weighted by Gasteiger charge is 2.18. The van der Waals surface area contributed by atoms with E-state index in [-0.39, 0.29) is 11.7 Å². The first-order valence-electron chi connectivity index (χ1n) is 11.6. The van der Waals surface area contributed by atoms with Crippen LogP contribution in [0.2, 0.25) is 0 Å². The van der Waals surface area contributed by atoms with Gasteiger partial charge in [-0.05, 0) is 37.3 Å². The molecule has 0 aliphatic rings. The number of carbonyl (C=O) groups excluding carboxylic acids is 2. The zero-order chi connectivity index (χ0) is 25.5.